The Balaban J connectivity index is 1.25. The van der Waals surface area contributed by atoms with Crippen LogP contribution in [0.1, 0.15) is 52.8 Å². The highest BCUT2D eigenvalue weighted by atomic mass is 16.2. The summed E-state index contributed by atoms with van der Waals surface area (Å²) in [6, 6.07) is 7.80. The van der Waals surface area contributed by atoms with Crippen LogP contribution in [0.3, 0.4) is 0 Å². The molecule has 0 aromatic heterocycles. The van der Waals surface area contributed by atoms with E-state index in [0.717, 1.165) is 32.0 Å². The van der Waals surface area contributed by atoms with Crippen molar-refractivity contribution in [2.75, 3.05) is 19.6 Å². The molecular formula is C19H23N3O3. The Hall–Kier alpha value is -2.21. The van der Waals surface area contributed by atoms with Gasteiger partial charge in [-0.05, 0) is 37.8 Å². The van der Waals surface area contributed by atoms with Gasteiger partial charge in [0.15, 0.2) is 0 Å². The normalized spacial score (nSPS) is 21.5. The number of hydrogen-bond acceptors (Lipinski definition) is 4. The molecule has 1 aromatic carbocycles. The van der Waals surface area contributed by atoms with Gasteiger partial charge in [0.2, 0.25) is 5.91 Å². The van der Waals surface area contributed by atoms with E-state index in [0.29, 0.717) is 11.1 Å². The molecule has 0 spiro atoms. The summed E-state index contributed by atoms with van der Waals surface area (Å²) in [5, 5.41) is 3.06. The minimum atomic E-state index is -0.300. The highest BCUT2D eigenvalue weighted by Gasteiger charge is 2.35. The summed E-state index contributed by atoms with van der Waals surface area (Å²) in [4.78, 5) is 40.5. The van der Waals surface area contributed by atoms with Crippen molar-refractivity contribution in [3.05, 3.63) is 35.4 Å². The average molecular weight is 341 g/mol. The second-order valence-corrected chi connectivity index (χ2v) is 7.17. The zero-order chi connectivity index (χ0) is 17.4. The van der Waals surface area contributed by atoms with Crippen molar-refractivity contribution in [2.45, 2.75) is 44.2 Å². The monoisotopic (exact) mass is 341 g/mol. The number of benzene rings is 1. The highest BCUT2D eigenvalue weighted by molar-refractivity contribution is 6.21. The fourth-order valence-corrected chi connectivity index (χ4v) is 3.80. The molecule has 1 saturated heterocycles. The summed E-state index contributed by atoms with van der Waals surface area (Å²) in [6.07, 6.45) is 4.76. The number of carbonyl (C=O) groups excluding carboxylic acids is 3. The smallest absolute Gasteiger partial charge is 0.261 e. The largest absolute Gasteiger partial charge is 0.353 e. The van der Waals surface area contributed by atoms with Crippen molar-refractivity contribution in [1.29, 1.82) is 0 Å². The van der Waals surface area contributed by atoms with Crippen molar-refractivity contribution in [1.82, 2.24) is 15.1 Å². The zero-order valence-electron chi connectivity index (χ0n) is 14.2. The molecule has 0 atom stereocenters. The molecule has 1 N–H and O–H groups in total. The third-order valence-corrected chi connectivity index (χ3v) is 5.40. The molecule has 3 amide bonds. The number of fused-ring (bicyclic) bond motifs is 1. The van der Waals surface area contributed by atoms with Crippen LogP contribution in [0, 0.1) is 0 Å². The molecule has 4 rings (SSSR count). The molecule has 1 aromatic rings. The summed E-state index contributed by atoms with van der Waals surface area (Å²) < 4.78 is 0. The van der Waals surface area contributed by atoms with Crippen LogP contribution in [0.2, 0.25) is 0 Å². The summed E-state index contributed by atoms with van der Waals surface area (Å²) in [5.41, 5.74) is 0.862. The predicted molar refractivity (Wildman–Crippen MR) is 92.2 cm³/mol. The molecule has 1 saturated carbocycles. The Morgan fingerprint density at radius 2 is 1.60 bits per heavy atom. The number of hydrogen-bond donors (Lipinski definition) is 1. The number of piperidine rings is 1. The minimum absolute atomic E-state index is 0.0820. The number of carbonyl (C=O) groups is 3. The van der Waals surface area contributed by atoms with Crippen molar-refractivity contribution in [3.63, 3.8) is 0 Å². The SMILES string of the molecule is O=C(CCN1C(=O)c2ccccc2C1=O)NC1CCN(C2CC2)CC1. The number of likely N-dealkylation sites (tertiary alicyclic amines) is 1. The Morgan fingerprint density at radius 3 is 2.16 bits per heavy atom. The number of nitrogens with zero attached hydrogens (tertiary/aromatic N) is 2. The van der Waals surface area contributed by atoms with Crippen LogP contribution in [-0.2, 0) is 4.79 Å². The van der Waals surface area contributed by atoms with Gasteiger partial charge in [-0.25, -0.2) is 0 Å². The number of amides is 3. The zero-order valence-corrected chi connectivity index (χ0v) is 14.2. The van der Waals surface area contributed by atoms with Gasteiger partial charge in [0.1, 0.15) is 0 Å². The first-order valence-corrected chi connectivity index (χ1v) is 9.12. The van der Waals surface area contributed by atoms with E-state index in [1.807, 2.05) is 0 Å². The van der Waals surface area contributed by atoms with Crippen molar-refractivity contribution < 1.29 is 14.4 Å². The van der Waals surface area contributed by atoms with Gasteiger partial charge in [0.25, 0.3) is 11.8 Å². The van der Waals surface area contributed by atoms with E-state index in [9.17, 15) is 14.4 Å². The van der Waals surface area contributed by atoms with E-state index in [1.54, 1.807) is 24.3 Å². The topological polar surface area (TPSA) is 69.7 Å². The first kappa shape index (κ1) is 16.3. The lowest BCUT2D eigenvalue weighted by atomic mass is 10.0. The molecule has 0 unspecified atom stereocenters. The third-order valence-electron chi connectivity index (χ3n) is 5.40. The predicted octanol–water partition coefficient (Wildman–Crippen LogP) is 1.42. The van der Waals surface area contributed by atoms with Crippen LogP contribution in [0.5, 0.6) is 0 Å². The molecule has 1 aliphatic carbocycles. The molecule has 2 fully saturated rings. The lowest BCUT2D eigenvalue weighted by Gasteiger charge is -2.32. The Labute approximate surface area is 147 Å². The van der Waals surface area contributed by atoms with Crippen LogP contribution < -0.4 is 5.32 Å². The summed E-state index contributed by atoms with van der Waals surface area (Å²) in [7, 11) is 0. The van der Waals surface area contributed by atoms with Crippen LogP contribution in [0.25, 0.3) is 0 Å². The second-order valence-electron chi connectivity index (χ2n) is 7.17. The molecule has 2 aliphatic heterocycles. The van der Waals surface area contributed by atoms with Gasteiger partial charge in [-0.1, -0.05) is 12.1 Å². The fourth-order valence-electron chi connectivity index (χ4n) is 3.80. The van der Waals surface area contributed by atoms with Crippen LogP contribution in [0.4, 0.5) is 0 Å². The van der Waals surface area contributed by atoms with E-state index in [4.69, 9.17) is 0 Å². The molecule has 6 nitrogen and oxygen atoms in total. The Kier molecular flexibility index (Phi) is 4.29. The van der Waals surface area contributed by atoms with Gasteiger partial charge >= 0.3 is 0 Å². The first-order valence-electron chi connectivity index (χ1n) is 9.12. The van der Waals surface area contributed by atoms with Crippen LogP contribution >= 0.6 is 0 Å². The van der Waals surface area contributed by atoms with Crippen LogP contribution in [0.15, 0.2) is 24.3 Å². The molecule has 6 heteroatoms. The maximum atomic E-state index is 12.3. The van der Waals surface area contributed by atoms with Gasteiger partial charge in [0.05, 0.1) is 11.1 Å². The van der Waals surface area contributed by atoms with Crippen molar-refractivity contribution in [2.24, 2.45) is 0 Å². The molecule has 0 bridgehead atoms. The highest BCUT2D eigenvalue weighted by Crippen LogP contribution is 2.29. The quantitative estimate of drug-likeness (QED) is 0.822. The molecule has 2 heterocycles. The van der Waals surface area contributed by atoms with Crippen LogP contribution in [-0.4, -0.2) is 59.2 Å². The maximum Gasteiger partial charge on any atom is 0.261 e. The first-order chi connectivity index (χ1) is 12.1. The van der Waals surface area contributed by atoms with E-state index in [1.165, 1.54) is 17.7 Å². The number of imide groups is 1. The average Bonchev–Trinajstić information content (AvgIpc) is 3.44. The fraction of sp³-hybridized carbons (Fsp3) is 0.526. The number of nitrogens with one attached hydrogen (secondary N) is 1. The van der Waals surface area contributed by atoms with E-state index in [2.05, 4.69) is 10.2 Å². The maximum absolute atomic E-state index is 12.3. The van der Waals surface area contributed by atoms with Gasteiger partial charge < -0.3 is 10.2 Å². The summed E-state index contributed by atoms with van der Waals surface area (Å²) >= 11 is 0. The lowest BCUT2D eigenvalue weighted by molar-refractivity contribution is -0.122. The third kappa shape index (κ3) is 3.31. The minimum Gasteiger partial charge on any atom is -0.353 e. The molecule has 0 radical (unpaired) electrons. The molecule has 132 valence electrons. The lowest BCUT2D eigenvalue weighted by Crippen LogP contribution is -2.46. The summed E-state index contributed by atoms with van der Waals surface area (Å²) in [5.74, 6) is -0.682. The van der Waals surface area contributed by atoms with Gasteiger partial charge in [-0.15, -0.1) is 0 Å². The molecular weight excluding hydrogens is 318 g/mol. The van der Waals surface area contributed by atoms with Crippen molar-refractivity contribution >= 4 is 17.7 Å². The second kappa shape index (κ2) is 6.59. The van der Waals surface area contributed by atoms with Gasteiger partial charge in [-0.2, -0.15) is 0 Å². The standard InChI is InChI=1S/C19H23N3O3/c23-17(20-13-7-10-21(11-8-13)14-5-6-14)9-12-22-18(24)15-3-1-2-4-16(15)19(22)25/h1-4,13-14H,5-12H2,(H,20,23). The van der Waals surface area contributed by atoms with Gasteiger partial charge in [-0.3, -0.25) is 19.3 Å². The Morgan fingerprint density at radius 1 is 1.00 bits per heavy atom. The van der Waals surface area contributed by atoms with E-state index < -0.39 is 0 Å². The summed E-state index contributed by atoms with van der Waals surface area (Å²) in [6.45, 7) is 2.24. The van der Waals surface area contributed by atoms with Crippen molar-refractivity contribution in [3.8, 4) is 0 Å². The molecule has 3 aliphatic rings. The molecule has 25 heavy (non-hydrogen) atoms. The Bertz CT molecular complexity index is 671. The van der Waals surface area contributed by atoms with E-state index in [-0.39, 0.29) is 36.7 Å². The van der Waals surface area contributed by atoms with E-state index >= 15 is 0 Å². The number of rotatable bonds is 5. The van der Waals surface area contributed by atoms with Gasteiger partial charge in [0, 0.05) is 38.1 Å².